The molecule has 3 heterocycles. The van der Waals surface area contributed by atoms with E-state index in [0.717, 1.165) is 54.4 Å². The topological polar surface area (TPSA) is 118 Å². The summed E-state index contributed by atoms with van der Waals surface area (Å²) in [4.78, 5) is 19.6. The minimum Gasteiger partial charge on any atom is -0.392 e. The largest absolute Gasteiger partial charge is 0.392 e. The maximum atomic E-state index is 12.9. The average molecular weight is 476 g/mol. The molecule has 34 heavy (non-hydrogen) atoms. The first-order chi connectivity index (χ1) is 16.7. The molecule has 1 amide bonds. The molecule has 1 aliphatic heterocycles. The van der Waals surface area contributed by atoms with Gasteiger partial charge in [-0.1, -0.05) is 36.4 Å². The molecule has 0 spiro atoms. The van der Waals surface area contributed by atoms with Crippen LogP contribution in [-0.4, -0.2) is 52.4 Å². The Kier molecular flexibility index (Phi) is 6.52. The first kappa shape index (κ1) is 22.1. The van der Waals surface area contributed by atoms with E-state index in [2.05, 4.69) is 36.0 Å². The summed E-state index contributed by atoms with van der Waals surface area (Å²) in [6.45, 7) is 3.65. The molecule has 2 aromatic heterocycles. The molecule has 0 aliphatic carbocycles. The number of aliphatic hydroxyl groups excluding tert-OH is 1. The van der Waals surface area contributed by atoms with Gasteiger partial charge in [0, 0.05) is 43.2 Å². The van der Waals surface area contributed by atoms with Crippen LogP contribution in [0.5, 0.6) is 0 Å². The van der Waals surface area contributed by atoms with Crippen molar-refractivity contribution in [2.24, 2.45) is 0 Å². The van der Waals surface area contributed by atoms with Crippen LogP contribution in [0.15, 0.2) is 60.0 Å². The van der Waals surface area contributed by atoms with Gasteiger partial charge in [0.2, 0.25) is 0 Å². The normalized spacial score (nSPS) is 13.6. The second-order valence-corrected chi connectivity index (χ2v) is 8.75. The molecule has 5 rings (SSSR count). The second-order valence-electron chi connectivity index (χ2n) is 7.89. The number of anilines is 4. The Bertz CT molecular complexity index is 1260. The fourth-order valence-electron chi connectivity index (χ4n) is 3.81. The Labute approximate surface area is 200 Å². The number of nitrogens with zero attached hydrogens (tertiary/aromatic N) is 3. The molecule has 9 nitrogen and oxygen atoms in total. The van der Waals surface area contributed by atoms with Crippen molar-refractivity contribution in [3.63, 3.8) is 0 Å². The van der Waals surface area contributed by atoms with Crippen LogP contribution in [0.3, 0.4) is 0 Å². The number of para-hydroxylation sites is 2. The summed E-state index contributed by atoms with van der Waals surface area (Å²) in [5.41, 5.74) is 4.70. The van der Waals surface area contributed by atoms with Crippen LogP contribution in [0.25, 0.3) is 11.3 Å². The van der Waals surface area contributed by atoms with Gasteiger partial charge in [0.05, 0.1) is 23.7 Å². The predicted octanol–water partition coefficient (Wildman–Crippen LogP) is 3.43. The lowest BCUT2D eigenvalue weighted by Crippen LogP contribution is -2.43. The number of aromatic amines is 1. The number of hydrogen-bond acceptors (Lipinski definition) is 8. The number of aliphatic hydroxyl groups is 1. The summed E-state index contributed by atoms with van der Waals surface area (Å²) in [5.74, 6) is 0.424. The standard InChI is InChI=1S/C24H25N7O2S/c32-14-16-5-7-17(8-6-16)19-13-22(30-29-19)28-24-27-20(15-34-24)23(33)26-18-3-1-2-4-21(18)31-11-9-25-10-12-31/h1-8,13,15,25,32H,9-12,14H2,(H,26,33)(H2,27,28,29,30). The first-order valence-electron chi connectivity index (χ1n) is 11.0. The molecule has 4 aromatic rings. The summed E-state index contributed by atoms with van der Waals surface area (Å²) in [6.07, 6.45) is 0. The summed E-state index contributed by atoms with van der Waals surface area (Å²) in [5, 5.41) is 28.3. The fraction of sp³-hybridized carbons (Fsp3) is 0.208. The van der Waals surface area contributed by atoms with Gasteiger partial charge >= 0.3 is 0 Å². The molecule has 0 radical (unpaired) electrons. The van der Waals surface area contributed by atoms with Crippen LogP contribution < -0.4 is 20.9 Å². The third-order valence-electron chi connectivity index (χ3n) is 5.60. The molecule has 174 valence electrons. The van der Waals surface area contributed by atoms with Crippen LogP contribution in [0.2, 0.25) is 0 Å². The predicted molar refractivity (Wildman–Crippen MR) is 135 cm³/mol. The minimum atomic E-state index is -0.249. The molecule has 0 unspecified atom stereocenters. The highest BCUT2D eigenvalue weighted by atomic mass is 32.1. The molecule has 10 heteroatoms. The molecule has 2 aromatic carbocycles. The maximum Gasteiger partial charge on any atom is 0.275 e. The quantitative estimate of drug-likeness (QED) is 0.278. The van der Waals surface area contributed by atoms with Crippen LogP contribution in [0.4, 0.5) is 22.3 Å². The van der Waals surface area contributed by atoms with E-state index in [1.165, 1.54) is 11.3 Å². The number of amides is 1. The number of piperazine rings is 1. The van der Waals surface area contributed by atoms with Crippen LogP contribution in [0, 0.1) is 0 Å². The highest BCUT2D eigenvalue weighted by Crippen LogP contribution is 2.28. The second kappa shape index (κ2) is 10.0. The highest BCUT2D eigenvalue weighted by molar-refractivity contribution is 7.14. The van der Waals surface area contributed by atoms with E-state index in [4.69, 9.17) is 0 Å². The van der Waals surface area contributed by atoms with Gasteiger partial charge in [0.15, 0.2) is 5.13 Å². The van der Waals surface area contributed by atoms with Crippen LogP contribution in [0.1, 0.15) is 16.1 Å². The lowest BCUT2D eigenvalue weighted by Gasteiger charge is -2.31. The van der Waals surface area contributed by atoms with E-state index in [-0.39, 0.29) is 12.5 Å². The average Bonchev–Trinajstić information content (AvgIpc) is 3.55. The molecule has 1 fully saturated rings. The van der Waals surface area contributed by atoms with Gasteiger partial charge in [0.1, 0.15) is 11.5 Å². The molecule has 0 saturated carbocycles. The summed E-state index contributed by atoms with van der Waals surface area (Å²) >= 11 is 1.35. The van der Waals surface area contributed by atoms with Crippen molar-refractivity contribution < 1.29 is 9.90 Å². The van der Waals surface area contributed by atoms with E-state index in [0.29, 0.717) is 16.6 Å². The molecule has 0 bridgehead atoms. The zero-order valence-corrected chi connectivity index (χ0v) is 19.2. The fourth-order valence-corrected chi connectivity index (χ4v) is 4.52. The molecule has 0 atom stereocenters. The highest BCUT2D eigenvalue weighted by Gasteiger charge is 2.17. The third kappa shape index (κ3) is 4.93. The molecular weight excluding hydrogens is 450 g/mol. The lowest BCUT2D eigenvalue weighted by atomic mass is 10.1. The van der Waals surface area contributed by atoms with Crippen molar-refractivity contribution in [1.29, 1.82) is 0 Å². The van der Waals surface area contributed by atoms with Crippen LogP contribution >= 0.6 is 11.3 Å². The van der Waals surface area contributed by atoms with Gasteiger partial charge in [-0.15, -0.1) is 11.3 Å². The maximum absolute atomic E-state index is 12.9. The molecule has 1 aliphatic rings. The van der Waals surface area contributed by atoms with Gasteiger partial charge in [-0.25, -0.2) is 4.98 Å². The van der Waals surface area contributed by atoms with E-state index in [9.17, 15) is 9.90 Å². The first-order valence-corrected chi connectivity index (χ1v) is 11.9. The number of H-pyrrole nitrogens is 1. The Balaban J connectivity index is 1.25. The number of carbonyl (C=O) groups is 1. The van der Waals surface area contributed by atoms with E-state index in [1.807, 2.05) is 54.6 Å². The number of nitrogens with one attached hydrogen (secondary N) is 4. The number of hydrogen-bond donors (Lipinski definition) is 5. The van der Waals surface area contributed by atoms with Gasteiger partial charge < -0.3 is 26.0 Å². The Hall–Kier alpha value is -3.73. The van der Waals surface area contributed by atoms with Crippen LogP contribution in [-0.2, 0) is 6.61 Å². The van der Waals surface area contributed by atoms with E-state index >= 15 is 0 Å². The van der Waals surface area contributed by atoms with Gasteiger partial charge in [-0.05, 0) is 17.7 Å². The van der Waals surface area contributed by atoms with Gasteiger partial charge in [-0.3, -0.25) is 9.89 Å². The molecular formula is C24H25N7O2S. The Morgan fingerprint density at radius 3 is 2.71 bits per heavy atom. The summed E-state index contributed by atoms with van der Waals surface area (Å²) in [6, 6.07) is 17.3. The zero-order chi connectivity index (χ0) is 23.3. The van der Waals surface area contributed by atoms with Crippen molar-refractivity contribution in [1.82, 2.24) is 20.5 Å². The number of carbonyl (C=O) groups excluding carboxylic acids is 1. The Morgan fingerprint density at radius 2 is 1.91 bits per heavy atom. The Morgan fingerprint density at radius 1 is 1.12 bits per heavy atom. The lowest BCUT2D eigenvalue weighted by molar-refractivity contribution is 0.102. The van der Waals surface area contributed by atoms with Crippen molar-refractivity contribution in [3.05, 3.63) is 71.2 Å². The van der Waals surface area contributed by atoms with E-state index in [1.54, 1.807) is 5.38 Å². The van der Waals surface area contributed by atoms with Crippen molar-refractivity contribution in [2.45, 2.75) is 6.61 Å². The summed E-state index contributed by atoms with van der Waals surface area (Å²) in [7, 11) is 0. The number of aromatic nitrogens is 3. The van der Waals surface area contributed by atoms with Crippen molar-refractivity contribution >= 4 is 39.6 Å². The van der Waals surface area contributed by atoms with Crippen molar-refractivity contribution in [2.75, 3.05) is 41.7 Å². The SMILES string of the molecule is O=C(Nc1ccccc1N1CCNCC1)c1csc(Nc2cc(-c3ccc(CO)cc3)n[nH]2)n1. The minimum absolute atomic E-state index is 0.00886. The third-order valence-corrected chi connectivity index (χ3v) is 6.36. The number of rotatable bonds is 7. The number of thiazole rings is 1. The zero-order valence-electron chi connectivity index (χ0n) is 18.4. The molecule has 1 saturated heterocycles. The van der Waals surface area contributed by atoms with Crippen molar-refractivity contribution in [3.8, 4) is 11.3 Å². The van der Waals surface area contributed by atoms with E-state index < -0.39 is 0 Å². The van der Waals surface area contributed by atoms with Gasteiger partial charge in [0.25, 0.3) is 5.91 Å². The molecule has 5 N–H and O–H groups in total. The van der Waals surface area contributed by atoms with Gasteiger partial charge in [-0.2, -0.15) is 5.10 Å². The number of benzene rings is 2. The smallest absolute Gasteiger partial charge is 0.275 e. The monoisotopic (exact) mass is 475 g/mol. The summed E-state index contributed by atoms with van der Waals surface area (Å²) < 4.78 is 0.